The number of nitrogens with zero attached hydrogens (tertiary/aromatic N) is 2. The molecule has 37 heavy (non-hydrogen) atoms. The number of methoxy groups -OCH3 is 3. The highest BCUT2D eigenvalue weighted by molar-refractivity contribution is 7.09. The van der Waals surface area contributed by atoms with Crippen LogP contribution in [0.3, 0.4) is 0 Å². The summed E-state index contributed by atoms with van der Waals surface area (Å²) in [5.41, 5.74) is 1.51. The lowest BCUT2D eigenvalue weighted by Crippen LogP contribution is -2.43. The van der Waals surface area contributed by atoms with Crippen molar-refractivity contribution in [3.8, 4) is 11.5 Å². The number of amides is 2. The summed E-state index contributed by atoms with van der Waals surface area (Å²) in [6, 6.07) is 16.4. The van der Waals surface area contributed by atoms with Crippen molar-refractivity contribution in [3.63, 3.8) is 0 Å². The number of ether oxygens (including phenoxy) is 3. The average molecular weight is 545 g/mol. The van der Waals surface area contributed by atoms with E-state index in [9.17, 15) is 9.59 Å². The van der Waals surface area contributed by atoms with E-state index in [4.69, 9.17) is 25.8 Å². The number of benzene rings is 2. The maximum atomic E-state index is 13.6. The Kier molecular flexibility index (Phi) is 11.3. The Morgan fingerprint density at radius 1 is 0.919 bits per heavy atom. The molecule has 0 saturated carbocycles. The topological polar surface area (TPSA) is 68.3 Å². The van der Waals surface area contributed by atoms with E-state index in [-0.39, 0.29) is 18.4 Å². The second kappa shape index (κ2) is 14.6. The minimum Gasteiger partial charge on any atom is -0.493 e. The van der Waals surface area contributed by atoms with E-state index in [0.29, 0.717) is 61.2 Å². The van der Waals surface area contributed by atoms with Crippen LogP contribution in [0.1, 0.15) is 27.2 Å². The molecule has 0 spiro atoms. The SMILES string of the molecule is COCCCN(CC(=O)N(CCc1ccc(OC)c(OC)c1)Cc1cccs1)C(=O)c1ccc(Cl)cc1. The summed E-state index contributed by atoms with van der Waals surface area (Å²) < 4.78 is 15.9. The minimum absolute atomic E-state index is 0.0253. The monoisotopic (exact) mass is 544 g/mol. The normalized spacial score (nSPS) is 10.7. The highest BCUT2D eigenvalue weighted by atomic mass is 35.5. The van der Waals surface area contributed by atoms with Gasteiger partial charge in [0, 0.05) is 42.3 Å². The molecule has 0 aliphatic carbocycles. The van der Waals surface area contributed by atoms with Crippen molar-refractivity contribution in [3.05, 3.63) is 81.0 Å². The van der Waals surface area contributed by atoms with Gasteiger partial charge in [-0.25, -0.2) is 0 Å². The van der Waals surface area contributed by atoms with Gasteiger partial charge >= 0.3 is 0 Å². The van der Waals surface area contributed by atoms with E-state index in [2.05, 4.69) is 0 Å². The molecule has 198 valence electrons. The van der Waals surface area contributed by atoms with E-state index in [1.807, 2.05) is 35.7 Å². The lowest BCUT2D eigenvalue weighted by Gasteiger charge is -2.28. The summed E-state index contributed by atoms with van der Waals surface area (Å²) in [4.78, 5) is 31.3. The molecule has 2 aromatic carbocycles. The fourth-order valence-corrected chi connectivity index (χ4v) is 4.72. The fraction of sp³-hybridized carbons (Fsp3) is 0.357. The van der Waals surface area contributed by atoms with Crippen LogP contribution in [0.15, 0.2) is 60.0 Å². The predicted molar refractivity (Wildman–Crippen MR) is 147 cm³/mol. The van der Waals surface area contributed by atoms with E-state index in [1.54, 1.807) is 66.7 Å². The van der Waals surface area contributed by atoms with Gasteiger partial charge in [0.15, 0.2) is 11.5 Å². The van der Waals surface area contributed by atoms with Crippen LogP contribution in [-0.2, 0) is 22.5 Å². The van der Waals surface area contributed by atoms with Crippen molar-refractivity contribution in [1.82, 2.24) is 9.80 Å². The molecule has 0 saturated heterocycles. The van der Waals surface area contributed by atoms with Gasteiger partial charge in [-0.3, -0.25) is 9.59 Å². The molecule has 0 fully saturated rings. The van der Waals surface area contributed by atoms with Gasteiger partial charge in [0.25, 0.3) is 5.91 Å². The Labute approximate surface area is 227 Å². The third-order valence-electron chi connectivity index (χ3n) is 5.88. The van der Waals surface area contributed by atoms with Crippen molar-refractivity contribution in [2.45, 2.75) is 19.4 Å². The molecular formula is C28H33ClN2O5S. The van der Waals surface area contributed by atoms with Crippen LogP contribution in [0, 0.1) is 0 Å². The van der Waals surface area contributed by atoms with Gasteiger partial charge in [0.1, 0.15) is 6.54 Å². The zero-order valence-electron chi connectivity index (χ0n) is 21.4. The molecule has 0 unspecified atom stereocenters. The van der Waals surface area contributed by atoms with Crippen LogP contribution in [-0.4, -0.2) is 69.2 Å². The van der Waals surface area contributed by atoms with Crippen LogP contribution in [0.25, 0.3) is 0 Å². The summed E-state index contributed by atoms with van der Waals surface area (Å²) in [6.07, 6.45) is 1.26. The molecule has 2 amide bonds. The van der Waals surface area contributed by atoms with Crippen molar-refractivity contribution in [1.29, 1.82) is 0 Å². The van der Waals surface area contributed by atoms with Crippen LogP contribution in [0.2, 0.25) is 5.02 Å². The number of hydrogen-bond acceptors (Lipinski definition) is 6. The Morgan fingerprint density at radius 2 is 1.68 bits per heavy atom. The van der Waals surface area contributed by atoms with E-state index in [0.717, 1.165) is 10.4 Å². The summed E-state index contributed by atoms with van der Waals surface area (Å²) in [5, 5.41) is 2.55. The first kappa shape index (κ1) is 28.5. The van der Waals surface area contributed by atoms with Gasteiger partial charge in [-0.05, 0) is 66.2 Å². The number of rotatable bonds is 14. The molecule has 0 radical (unpaired) electrons. The van der Waals surface area contributed by atoms with Crippen LogP contribution in [0.5, 0.6) is 11.5 Å². The predicted octanol–water partition coefficient (Wildman–Crippen LogP) is 5.17. The Bertz CT molecular complexity index is 1140. The second-order valence-corrected chi connectivity index (χ2v) is 9.88. The molecule has 3 aromatic rings. The minimum atomic E-state index is -0.211. The fourth-order valence-electron chi connectivity index (χ4n) is 3.87. The van der Waals surface area contributed by atoms with E-state index >= 15 is 0 Å². The third kappa shape index (κ3) is 8.49. The molecule has 0 atom stereocenters. The molecule has 0 aliphatic heterocycles. The molecule has 0 bridgehead atoms. The Morgan fingerprint density at radius 3 is 2.32 bits per heavy atom. The van der Waals surface area contributed by atoms with Crippen LogP contribution in [0.4, 0.5) is 0 Å². The van der Waals surface area contributed by atoms with E-state index < -0.39 is 0 Å². The molecule has 0 N–H and O–H groups in total. The van der Waals surface area contributed by atoms with Gasteiger partial charge in [0.2, 0.25) is 5.91 Å². The van der Waals surface area contributed by atoms with Crippen LogP contribution < -0.4 is 9.47 Å². The molecule has 9 heteroatoms. The average Bonchev–Trinajstić information content (AvgIpc) is 3.43. The first-order chi connectivity index (χ1) is 17.9. The first-order valence-electron chi connectivity index (χ1n) is 12.0. The number of hydrogen-bond donors (Lipinski definition) is 0. The van der Waals surface area contributed by atoms with Crippen molar-refractivity contribution in [2.75, 3.05) is 47.6 Å². The maximum Gasteiger partial charge on any atom is 0.254 e. The van der Waals surface area contributed by atoms with Gasteiger partial charge in [-0.2, -0.15) is 0 Å². The van der Waals surface area contributed by atoms with E-state index in [1.165, 1.54) is 0 Å². The van der Waals surface area contributed by atoms with Gasteiger partial charge < -0.3 is 24.0 Å². The second-order valence-electron chi connectivity index (χ2n) is 8.41. The Balaban J connectivity index is 1.76. The summed E-state index contributed by atoms with van der Waals surface area (Å²) in [7, 11) is 4.82. The molecule has 1 aromatic heterocycles. The summed E-state index contributed by atoms with van der Waals surface area (Å²) in [5.74, 6) is 0.977. The molecule has 3 rings (SSSR count). The number of halogens is 1. The third-order valence-corrected chi connectivity index (χ3v) is 6.99. The largest absolute Gasteiger partial charge is 0.493 e. The molecule has 7 nitrogen and oxygen atoms in total. The quantitative estimate of drug-likeness (QED) is 0.262. The highest BCUT2D eigenvalue weighted by Crippen LogP contribution is 2.28. The lowest BCUT2D eigenvalue weighted by molar-refractivity contribution is -0.132. The zero-order valence-corrected chi connectivity index (χ0v) is 23.0. The first-order valence-corrected chi connectivity index (χ1v) is 13.3. The Hall–Kier alpha value is -3.07. The standard InChI is InChI=1S/C28H33ClN2O5S/c1-34-16-5-14-31(28(33)22-8-10-23(29)11-9-22)20-27(32)30(19-24-6-4-17-37-24)15-13-21-7-12-25(35-2)26(18-21)36-3/h4,6-12,17-18H,5,13-16,19-20H2,1-3H3. The van der Waals surface area contributed by atoms with Gasteiger partial charge in [-0.15, -0.1) is 11.3 Å². The number of carbonyl (C=O) groups is 2. The molecule has 0 aliphatic rings. The van der Waals surface area contributed by atoms with Crippen LogP contribution >= 0.6 is 22.9 Å². The number of thiophene rings is 1. The maximum absolute atomic E-state index is 13.6. The van der Waals surface area contributed by atoms with Crippen molar-refractivity contribution in [2.24, 2.45) is 0 Å². The van der Waals surface area contributed by atoms with Crippen molar-refractivity contribution < 1.29 is 23.8 Å². The summed E-state index contributed by atoms with van der Waals surface area (Å²) >= 11 is 7.60. The summed E-state index contributed by atoms with van der Waals surface area (Å²) in [6.45, 7) is 1.85. The van der Waals surface area contributed by atoms with Gasteiger partial charge in [-0.1, -0.05) is 23.7 Å². The van der Waals surface area contributed by atoms with Gasteiger partial charge in [0.05, 0.1) is 20.8 Å². The zero-order chi connectivity index (χ0) is 26.6. The highest BCUT2D eigenvalue weighted by Gasteiger charge is 2.23. The number of carbonyl (C=O) groups excluding carboxylic acids is 2. The molecule has 1 heterocycles. The van der Waals surface area contributed by atoms with Crippen molar-refractivity contribution >= 4 is 34.8 Å². The lowest BCUT2D eigenvalue weighted by atomic mass is 10.1. The molecular weight excluding hydrogens is 512 g/mol. The smallest absolute Gasteiger partial charge is 0.254 e.